The van der Waals surface area contributed by atoms with Crippen molar-refractivity contribution in [1.82, 2.24) is 25.1 Å². The molecule has 0 aliphatic carbocycles. The number of hydrogen-bond acceptors (Lipinski definition) is 7. The first kappa shape index (κ1) is 16.7. The van der Waals surface area contributed by atoms with Crippen LogP contribution in [0.4, 0.5) is 0 Å². The number of fused-ring (bicyclic) bond motifs is 1. The molecule has 1 atom stereocenters. The van der Waals surface area contributed by atoms with E-state index in [1.54, 1.807) is 14.2 Å². The molecule has 130 valence electrons. The standard InChI is InChI=1S/C16H23N5O3/c1-4-7-21-15(17-18-19-21)10-20-8-11-13(23-2)5-6-14(24-3)16(11)12(22)9-20/h5-6,12,22H,4,7-10H2,1-3H3/t12-/m1/s1. The highest BCUT2D eigenvalue weighted by Gasteiger charge is 2.30. The van der Waals surface area contributed by atoms with Gasteiger partial charge in [0.1, 0.15) is 11.5 Å². The number of aliphatic hydroxyl groups is 1. The van der Waals surface area contributed by atoms with Gasteiger partial charge in [0.15, 0.2) is 5.82 Å². The number of methoxy groups -OCH3 is 2. The van der Waals surface area contributed by atoms with E-state index >= 15 is 0 Å². The molecule has 0 saturated carbocycles. The Hall–Kier alpha value is -2.19. The van der Waals surface area contributed by atoms with Crippen molar-refractivity contribution in [3.8, 4) is 11.5 Å². The van der Waals surface area contributed by atoms with Gasteiger partial charge in [0.25, 0.3) is 0 Å². The number of ether oxygens (including phenoxy) is 2. The second-order valence-electron chi connectivity index (χ2n) is 5.87. The molecule has 1 N–H and O–H groups in total. The summed E-state index contributed by atoms with van der Waals surface area (Å²) >= 11 is 0. The summed E-state index contributed by atoms with van der Waals surface area (Å²) in [6.45, 7) is 4.58. The highest BCUT2D eigenvalue weighted by atomic mass is 16.5. The molecule has 0 spiro atoms. The van der Waals surface area contributed by atoms with Crippen molar-refractivity contribution in [2.75, 3.05) is 20.8 Å². The molecule has 2 aromatic rings. The maximum absolute atomic E-state index is 10.6. The third kappa shape index (κ3) is 3.07. The summed E-state index contributed by atoms with van der Waals surface area (Å²) in [6.07, 6.45) is 0.323. The first-order chi connectivity index (χ1) is 11.7. The quantitative estimate of drug-likeness (QED) is 0.848. The Balaban J connectivity index is 1.87. The van der Waals surface area contributed by atoms with Crippen molar-refractivity contribution in [3.05, 3.63) is 29.1 Å². The average Bonchev–Trinajstić information content (AvgIpc) is 3.01. The Labute approximate surface area is 141 Å². The summed E-state index contributed by atoms with van der Waals surface area (Å²) in [4.78, 5) is 2.12. The van der Waals surface area contributed by atoms with Crippen molar-refractivity contribution >= 4 is 0 Å². The Kier molecular flexibility index (Phi) is 4.96. The fourth-order valence-electron chi connectivity index (χ4n) is 3.19. The minimum Gasteiger partial charge on any atom is -0.496 e. The summed E-state index contributed by atoms with van der Waals surface area (Å²) in [7, 11) is 3.25. The van der Waals surface area contributed by atoms with Gasteiger partial charge >= 0.3 is 0 Å². The van der Waals surface area contributed by atoms with Crippen molar-refractivity contribution in [3.63, 3.8) is 0 Å². The zero-order chi connectivity index (χ0) is 17.1. The van der Waals surface area contributed by atoms with Gasteiger partial charge < -0.3 is 14.6 Å². The van der Waals surface area contributed by atoms with Crippen molar-refractivity contribution in [1.29, 1.82) is 0 Å². The smallest absolute Gasteiger partial charge is 0.165 e. The highest BCUT2D eigenvalue weighted by molar-refractivity contribution is 5.51. The van der Waals surface area contributed by atoms with Gasteiger partial charge in [-0.15, -0.1) is 5.10 Å². The van der Waals surface area contributed by atoms with Gasteiger partial charge in [-0.3, -0.25) is 4.90 Å². The highest BCUT2D eigenvalue weighted by Crippen LogP contribution is 2.39. The van der Waals surface area contributed by atoms with Crippen LogP contribution in [0.3, 0.4) is 0 Å². The van der Waals surface area contributed by atoms with Crippen molar-refractivity contribution in [2.45, 2.75) is 39.1 Å². The molecule has 0 fully saturated rings. The van der Waals surface area contributed by atoms with E-state index in [-0.39, 0.29) is 0 Å². The number of tetrazole rings is 1. The number of aliphatic hydroxyl groups excluding tert-OH is 1. The van der Waals surface area contributed by atoms with Gasteiger partial charge in [-0.1, -0.05) is 6.92 Å². The van der Waals surface area contributed by atoms with E-state index in [0.717, 1.165) is 35.7 Å². The topological polar surface area (TPSA) is 85.5 Å². The molecule has 1 aliphatic heterocycles. The van der Waals surface area contributed by atoms with Crippen LogP contribution in [0.15, 0.2) is 12.1 Å². The largest absolute Gasteiger partial charge is 0.496 e. The molecule has 8 heteroatoms. The molecule has 1 aromatic heterocycles. The number of hydrogen-bond donors (Lipinski definition) is 1. The minimum absolute atomic E-state index is 0.496. The van der Waals surface area contributed by atoms with Crippen LogP contribution >= 0.6 is 0 Å². The van der Waals surface area contributed by atoms with Crippen molar-refractivity contribution in [2.24, 2.45) is 0 Å². The lowest BCUT2D eigenvalue weighted by Gasteiger charge is -2.33. The normalized spacial score (nSPS) is 17.6. The Morgan fingerprint density at radius 2 is 2.00 bits per heavy atom. The first-order valence-electron chi connectivity index (χ1n) is 8.07. The molecule has 0 saturated heterocycles. The van der Waals surface area contributed by atoms with Gasteiger partial charge in [-0.25, -0.2) is 4.68 Å². The summed E-state index contributed by atoms with van der Waals surface area (Å²) < 4.78 is 12.7. The van der Waals surface area contributed by atoms with Crippen LogP contribution in [-0.4, -0.2) is 51.0 Å². The SMILES string of the molecule is CCCn1nnnc1CN1Cc2c(OC)ccc(OC)c2[C@H](O)C1. The molecule has 8 nitrogen and oxygen atoms in total. The Bertz CT molecular complexity index is 703. The van der Waals surface area contributed by atoms with E-state index in [4.69, 9.17) is 9.47 Å². The first-order valence-corrected chi connectivity index (χ1v) is 8.07. The summed E-state index contributed by atoms with van der Waals surface area (Å²) in [5.41, 5.74) is 1.76. The zero-order valence-corrected chi connectivity index (χ0v) is 14.3. The third-order valence-corrected chi connectivity index (χ3v) is 4.27. The molecular weight excluding hydrogens is 310 g/mol. The maximum Gasteiger partial charge on any atom is 0.165 e. The summed E-state index contributed by atoms with van der Waals surface area (Å²) in [5, 5.41) is 22.5. The monoisotopic (exact) mass is 333 g/mol. The fraction of sp³-hybridized carbons (Fsp3) is 0.562. The molecule has 0 unspecified atom stereocenters. The van der Waals surface area contributed by atoms with Gasteiger partial charge in [-0.05, 0) is 29.0 Å². The van der Waals surface area contributed by atoms with E-state index in [9.17, 15) is 5.11 Å². The van der Waals surface area contributed by atoms with Crippen LogP contribution in [0.2, 0.25) is 0 Å². The molecule has 0 bridgehead atoms. The molecule has 0 radical (unpaired) electrons. The van der Waals surface area contributed by atoms with Gasteiger partial charge in [0.05, 0.1) is 26.9 Å². The Morgan fingerprint density at radius 3 is 2.71 bits per heavy atom. The molecule has 0 amide bonds. The van der Waals surface area contributed by atoms with E-state index < -0.39 is 6.10 Å². The lowest BCUT2D eigenvalue weighted by Crippen LogP contribution is -2.34. The lowest BCUT2D eigenvalue weighted by atomic mass is 9.95. The van der Waals surface area contributed by atoms with Crippen LogP contribution < -0.4 is 9.47 Å². The third-order valence-electron chi connectivity index (χ3n) is 4.27. The predicted octanol–water partition coefficient (Wildman–Crippen LogP) is 1.15. The zero-order valence-electron chi connectivity index (χ0n) is 14.3. The van der Waals surface area contributed by atoms with Gasteiger partial charge in [0.2, 0.25) is 0 Å². The predicted molar refractivity (Wildman–Crippen MR) is 86.7 cm³/mol. The van der Waals surface area contributed by atoms with Crippen molar-refractivity contribution < 1.29 is 14.6 Å². The van der Waals surface area contributed by atoms with E-state index in [1.165, 1.54) is 0 Å². The number of rotatable bonds is 6. The number of aryl methyl sites for hydroxylation is 1. The molecule has 1 aromatic carbocycles. The Morgan fingerprint density at radius 1 is 1.25 bits per heavy atom. The van der Waals surface area contributed by atoms with Crippen LogP contribution in [-0.2, 0) is 19.6 Å². The van der Waals surface area contributed by atoms with Crippen LogP contribution in [0, 0.1) is 0 Å². The van der Waals surface area contributed by atoms with E-state index in [1.807, 2.05) is 16.8 Å². The average molecular weight is 333 g/mol. The molecule has 1 aliphatic rings. The molecular formula is C16H23N5O3. The van der Waals surface area contributed by atoms with Gasteiger partial charge in [-0.2, -0.15) is 0 Å². The number of β-amino-alcohol motifs (C(OH)–C–C–N with tert-alkyl or cyclic N) is 1. The van der Waals surface area contributed by atoms with E-state index in [0.29, 0.717) is 25.4 Å². The van der Waals surface area contributed by atoms with Crippen LogP contribution in [0.25, 0.3) is 0 Å². The molecule has 2 heterocycles. The molecule has 24 heavy (non-hydrogen) atoms. The number of nitrogens with zero attached hydrogens (tertiary/aromatic N) is 5. The maximum atomic E-state index is 10.6. The summed E-state index contributed by atoms with van der Waals surface area (Å²) in [5.74, 6) is 2.24. The second kappa shape index (κ2) is 7.14. The minimum atomic E-state index is -0.644. The second-order valence-corrected chi connectivity index (χ2v) is 5.87. The number of aromatic nitrogens is 4. The van der Waals surface area contributed by atoms with E-state index in [2.05, 4.69) is 27.3 Å². The molecule has 3 rings (SSSR count). The fourth-order valence-corrected chi connectivity index (χ4v) is 3.19. The van der Waals surface area contributed by atoms with Crippen LogP contribution in [0.1, 0.15) is 36.4 Å². The van der Waals surface area contributed by atoms with Gasteiger partial charge in [0, 0.05) is 30.8 Å². The van der Waals surface area contributed by atoms with Crippen LogP contribution in [0.5, 0.6) is 11.5 Å². The summed E-state index contributed by atoms with van der Waals surface area (Å²) in [6, 6.07) is 3.70. The lowest BCUT2D eigenvalue weighted by molar-refractivity contribution is 0.0819. The number of benzene rings is 1.